The molecule has 0 amide bonds. The maximum atomic E-state index is 12.7. The molecule has 1 rings (SSSR count). The molecule has 0 fully saturated rings. The molecule has 10 heavy (non-hydrogen) atoms. The first-order chi connectivity index (χ1) is 4.75. The van der Waals surface area contributed by atoms with Gasteiger partial charge in [0.05, 0.1) is 5.88 Å². The zero-order valence-electron chi connectivity index (χ0n) is 5.57. The van der Waals surface area contributed by atoms with Crippen molar-refractivity contribution in [2.45, 2.75) is 6.92 Å². The van der Waals surface area contributed by atoms with Crippen molar-refractivity contribution in [3.05, 3.63) is 41.0 Å². The first kappa shape index (κ1) is 7.55. The van der Waals surface area contributed by atoms with Crippen LogP contribution in [0.2, 0.25) is 0 Å². The minimum Gasteiger partial charge on any atom is -0.207 e. The molecule has 0 spiro atoms. The molecule has 0 aromatic heterocycles. The van der Waals surface area contributed by atoms with Gasteiger partial charge in [-0.2, -0.15) is 0 Å². The molecule has 0 aliphatic heterocycles. The second-order valence-electron chi connectivity index (χ2n) is 2.06. The fourth-order valence-electron chi connectivity index (χ4n) is 0.742. The molecule has 53 valence electrons. The highest BCUT2D eigenvalue weighted by Crippen LogP contribution is 2.14. The van der Waals surface area contributed by atoms with Crippen molar-refractivity contribution in [1.29, 1.82) is 0 Å². The van der Waals surface area contributed by atoms with E-state index < -0.39 is 0 Å². The van der Waals surface area contributed by atoms with Crippen LogP contribution in [0, 0.1) is 18.6 Å². The van der Waals surface area contributed by atoms with Crippen LogP contribution in [0.25, 0.3) is 0 Å². The van der Waals surface area contributed by atoms with Gasteiger partial charge in [-0.15, -0.1) is 11.6 Å². The van der Waals surface area contributed by atoms with E-state index >= 15 is 0 Å². The standard InChI is InChI=1S/C8H7ClF/c1-6-7(5-9)3-2-4-8(6)10/h2-5H,1H3. The number of benzene rings is 1. The van der Waals surface area contributed by atoms with Gasteiger partial charge in [-0.25, -0.2) is 4.39 Å². The average molecular weight is 158 g/mol. The summed E-state index contributed by atoms with van der Waals surface area (Å²) in [7, 11) is 0. The van der Waals surface area contributed by atoms with Crippen LogP contribution in [-0.2, 0) is 0 Å². The Kier molecular flexibility index (Phi) is 2.28. The molecule has 0 saturated carbocycles. The highest BCUT2D eigenvalue weighted by molar-refractivity contribution is 6.25. The van der Waals surface area contributed by atoms with Crippen LogP contribution in [0.4, 0.5) is 4.39 Å². The second kappa shape index (κ2) is 3.02. The summed E-state index contributed by atoms with van der Waals surface area (Å²) in [5.41, 5.74) is 1.33. The Morgan fingerprint density at radius 1 is 1.50 bits per heavy atom. The Labute approximate surface area is 64.6 Å². The lowest BCUT2D eigenvalue weighted by molar-refractivity contribution is 0.617. The minimum atomic E-state index is -0.214. The zero-order chi connectivity index (χ0) is 7.56. The fraction of sp³-hybridized carbons (Fsp3) is 0.125. The molecule has 0 unspecified atom stereocenters. The molecule has 1 aromatic rings. The van der Waals surface area contributed by atoms with Gasteiger partial charge in [0.2, 0.25) is 0 Å². The molecule has 0 bridgehead atoms. The largest absolute Gasteiger partial charge is 0.207 e. The molecule has 0 nitrogen and oxygen atoms in total. The van der Waals surface area contributed by atoms with Gasteiger partial charge in [0.25, 0.3) is 0 Å². The molecule has 0 aliphatic carbocycles. The van der Waals surface area contributed by atoms with Gasteiger partial charge in [0, 0.05) is 0 Å². The number of hydrogen-bond acceptors (Lipinski definition) is 0. The first-order valence-corrected chi connectivity index (χ1v) is 3.38. The highest BCUT2D eigenvalue weighted by Gasteiger charge is 2.00. The third-order valence-corrected chi connectivity index (χ3v) is 1.66. The maximum Gasteiger partial charge on any atom is 0.126 e. The lowest BCUT2D eigenvalue weighted by atomic mass is 10.1. The van der Waals surface area contributed by atoms with E-state index in [9.17, 15) is 4.39 Å². The Morgan fingerprint density at radius 2 is 2.20 bits per heavy atom. The lowest BCUT2D eigenvalue weighted by Gasteiger charge is -1.99. The quantitative estimate of drug-likeness (QED) is 0.588. The molecule has 0 saturated heterocycles. The number of halogens is 2. The van der Waals surface area contributed by atoms with Crippen LogP contribution in [-0.4, -0.2) is 0 Å². The van der Waals surface area contributed by atoms with Gasteiger partial charge in [-0.3, -0.25) is 0 Å². The molecule has 0 heterocycles. The smallest absolute Gasteiger partial charge is 0.126 e. The summed E-state index contributed by atoms with van der Waals surface area (Å²) < 4.78 is 12.7. The van der Waals surface area contributed by atoms with Crippen LogP contribution in [0.3, 0.4) is 0 Å². The normalized spacial score (nSPS) is 9.90. The average Bonchev–Trinajstić information content (AvgIpc) is 1.95. The van der Waals surface area contributed by atoms with Crippen molar-refractivity contribution < 1.29 is 4.39 Å². The summed E-state index contributed by atoms with van der Waals surface area (Å²) in [6, 6.07) is 4.82. The van der Waals surface area contributed by atoms with Gasteiger partial charge in [0.15, 0.2) is 0 Å². The Balaban J connectivity index is 3.14. The molecular formula is C8H7ClF. The van der Waals surface area contributed by atoms with E-state index in [0.717, 1.165) is 5.56 Å². The van der Waals surface area contributed by atoms with Crippen molar-refractivity contribution >= 4 is 11.6 Å². The first-order valence-electron chi connectivity index (χ1n) is 2.94. The molecular weight excluding hydrogens is 151 g/mol. The molecule has 1 aromatic carbocycles. The minimum absolute atomic E-state index is 0.214. The lowest BCUT2D eigenvalue weighted by Crippen LogP contribution is -1.86. The molecule has 0 atom stereocenters. The van der Waals surface area contributed by atoms with Crippen LogP contribution < -0.4 is 0 Å². The van der Waals surface area contributed by atoms with E-state index in [1.54, 1.807) is 19.1 Å². The van der Waals surface area contributed by atoms with Crippen molar-refractivity contribution in [1.82, 2.24) is 0 Å². The third-order valence-electron chi connectivity index (χ3n) is 1.43. The van der Waals surface area contributed by atoms with E-state index in [1.165, 1.54) is 11.9 Å². The Morgan fingerprint density at radius 3 is 2.70 bits per heavy atom. The van der Waals surface area contributed by atoms with Gasteiger partial charge in [0.1, 0.15) is 5.82 Å². The van der Waals surface area contributed by atoms with Gasteiger partial charge >= 0.3 is 0 Å². The van der Waals surface area contributed by atoms with Crippen LogP contribution >= 0.6 is 11.6 Å². The SMILES string of the molecule is Cc1c(F)cccc1[CH]Cl. The van der Waals surface area contributed by atoms with Gasteiger partial charge in [-0.1, -0.05) is 12.1 Å². The summed E-state index contributed by atoms with van der Waals surface area (Å²) in [4.78, 5) is 0. The summed E-state index contributed by atoms with van der Waals surface area (Å²) >= 11 is 5.41. The van der Waals surface area contributed by atoms with E-state index in [-0.39, 0.29) is 5.82 Å². The van der Waals surface area contributed by atoms with E-state index in [4.69, 9.17) is 11.6 Å². The number of hydrogen-bond donors (Lipinski definition) is 0. The van der Waals surface area contributed by atoms with E-state index in [0.29, 0.717) is 5.56 Å². The van der Waals surface area contributed by atoms with Crippen molar-refractivity contribution in [3.63, 3.8) is 0 Å². The van der Waals surface area contributed by atoms with Gasteiger partial charge < -0.3 is 0 Å². The van der Waals surface area contributed by atoms with E-state index in [1.807, 2.05) is 0 Å². The second-order valence-corrected chi connectivity index (χ2v) is 2.28. The monoisotopic (exact) mass is 157 g/mol. The van der Waals surface area contributed by atoms with Crippen molar-refractivity contribution in [2.24, 2.45) is 0 Å². The Bertz CT molecular complexity index is 233. The maximum absolute atomic E-state index is 12.7. The fourth-order valence-corrected chi connectivity index (χ4v) is 0.979. The van der Waals surface area contributed by atoms with Crippen molar-refractivity contribution in [3.8, 4) is 0 Å². The summed E-state index contributed by atoms with van der Waals surface area (Å²) in [6.07, 6.45) is 0. The third kappa shape index (κ3) is 1.29. The highest BCUT2D eigenvalue weighted by atomic mass is 35.5. The van der Waals surface area contributed by atoms with Crippen LogP contribution in [0.1, 0.15) is 11.1 Å². The van der Waals surface area contributed by atoms with Gasteiger partial charge in [-0.05, 0) is 24.1 Å². The Hall–Kier alpha value is -0.560. The summed E-state index contributed by atoms with van der Waals surface area (Å²) in [6.45, 7) is 1.70. The molecule has 2 heteroatoms. The molecule has 1 radical (unpaired) electrons. The van der Waals surface area contributed by atoms with Crippen LogP contribution in [0.15, 0.2) is 18.2 Å². The molecule has 0 N–H and O–H groups in total. The zero-order valence-corrected chi connectivity index (χ0v) is 6.32. The topological polar surface area (TPSA) is 0 Å². The molecule has 0 aliphatic rings. The number of rotatable bonds is 1. The predicted octanol–water partition coefficient (Wildman–Crippen LogP) is 2.88. The van der Waals surface area contributed by atoms with Crippen LogP contribution in [0.5, 0.6) is 0 Å². The van der Waals surface area contributed by atoms with Crippen molar-refractivity contribution in [2.75, 3.05) is 0 Å². The summed E-state index contributed by atoms with van der Waals surface area (Å²) in [5.74, 6) is 1.16. The van der Waals surface area contributed by atoms with E-state index in [2.05, 4.69) is 0 Å². The summed E-state index contributed by atoms with van der Waals surface area (Å²) in [5, 5.41) is 0. The predicted molar refractivity (Wildman–Crippen MR) is 40.4 cm³/mol.